The lowest BCUT2D eigenvalue weighted by molar-refractivity contribution is -0.140. The minimum absolute atomic E-state index is 0.190. The van der Waals surface area contributed by atoms with E-state index in [0.29, 0.717) is 17.8 Å². The molecule has 0 unspecified atom stereocenters. The molecule has 0 saturated heterocycles. The molecule has 1 atom stereocenters. The number of allylic oxidation sites excluding steroid dienone is 9. The van der Waals surface area contributed by atoms with E-state index in [1.54, 1.807) is 13.2 Å². The van der Waals surface area contributed by atoms with Crippen LogP contribution in [0.15, 0.2) is 93.8 Å². The topological polar surface area (TPSA) is 65.7 Å². The summed E-state index contributed by atoms with van der Waals surface area (Å²) in [4.78, 5) is 25.0. The van der Waals surface area contributed by atoms with Crippen LogP contribution in [0.5, 0.6) is 0 Å². The largest absolute Gasteiger partial charge is 0.472 e. The molecule has 290 valence electrons. The Balaban J connectivity index is 1.56. The number of cyclic esters (lactones) is 1. The lowest BCUT2D eigenvalue weighted by atomic mass is 9.99. The fourth-order valence-electron chi connectivity index (χ4n) is 6.39. The highest BCUT2D eigenvalue weighted by Crippen LogP contribution is 2.30. The van der Waals surface area contributed by atoms with Crippen LogP contribution >= 0.6 is 0 Å². The lowest BCUT2D eigenvalue weighted by Gasteiger charge is -2.10. The van der Waals surface area contributed by atoms with Gasteiger partial charge in [-0.1, -0.05) is 119 Å². The monoisotopic (exact) mass is 717 g/mol. The Morgan fingerprint density at radius 2 is 1.37 bits per heavy atom. The van der Waals surface area contributed by atoms with Crippen LogP contribution in [0.4, 0.5) is 0 Å². The Morgan fingerprint density at radius 3 is 2.04 bits per heavy atom. The quantitative estimate of drug-likeness (QED) is 0.0450. The predicted octanol–water partition coefficient (Wildman–Crippen LogP) is 14.3. The summed E-state index contributed by atoms with van der Waals surface area (Å²) in [5, 5.41) is 0. The van der Waals surface area contributed by atoms with Crippen molar-refractivity contribution < 1.29 is 23.5 Å². The molecular formula is C47H72O5. The Hall–Kier alpha value is -3.34. The van der Waals surface area contributed by atoms with Gasteiger partial charge in [0.25, 0.3) is 0 Å². The molecule has 2 heterocycles. The molecule has 5 nitrogen and oxygen atoms in total. The molecule has 0 aromatic carbocycles. The second-order valence-corrected chi connectivity index (χ2v) is 14.9. The molecule has 0 spiro atoms. The number of aryl methyl sites for hydroxylation is 1. The second-order valence-electron chi connectivity index (χ2n) is 14.9. The average Bonchev–Trinajstić information content (AvgIpc) is 3.73. The van der Waals surface area contributed by atoms with Gasteiger partial charge in [0.2, 0.25) is 0 Å². The molecule has 1 aliphatic heterocycles. The van der Waals surface area contributed by atoms with Crippen molar-refractivity contribution in [1.29, 1.82) is 0 Å². The summed E-state index contributed by atoms with van der Waals surface area (Å²) in [5.41, 5.74) is 4.44. The third kappa shape index (κ3) is 21.9. The summed E-state index contributed by atoms with van der Waals surface area (Å²) in [6, 6.07) is 2.03. The molecule has 0 bridgehead atoms. The molecule has 5 heteroatoms. The molecule has 0 N–H and O–H groups in total. The molecular weight excluding hydrogens is 645 g/mol. The first kappa shape index (κ1) is 44.8. The summed E-state index contributed by atoms with van der Waals surface area (Å²) >= 11 is 0. The van der Waals surface area contributed by atoms with Gasteiger partial charge in [-0.15, -0.1) is 0 Å². The van der Waals surface area contributed by atoms with Gasteiger partial charge in [0.05, 0.1) is 18.1 Å². The Morgan fingerprint density at radius 1 is 0.750 bits per heavy atom. The Bertz CT molecular complexity index is 1300. The van der Waals surface area contributed by atoms with Crippen molar-refractivity contribution in [2.24, 2.45) is 5.92 Å². The Labute approximate surface area is 317 Å². The van der Waals surface area contributed by atoms with Gasteiger partial charge in [-0.25, -0.2) is 4.79 Å². The van der Waals surface area contributed by atoms with Crippen LogP contribution in [0.3, 0.4) is 0 Å². The SMILES string of the molecule is CCCCCCCCCCCC/C=C\CC/C=C\CCCC(=O)OC1=C(C)C(=O)O/C1=C\[C@H](C)CCC/C(C)=C/CC/C(C)=C/CCc1ccoc1. The molecule has 0 amide bonds. The molecule has 0 aliphatic carbocycles. The number of unbranched alkanes of at least 4 members (excludes halogenated alkanes) is 12. The molecule has 0 fully saturated rings. The summed E-state index contributed by atoms with van der Waals surface area (Å²) < 4.78 is 16.3. The molecule has 1 aliphatic rings. The Kier molecular flexibility index (Phi) is 25.1. The number of furan rings is 1. The van der Waals surface area contributed by atoms with E-state index in [4.69, 9.17) is 13.9 Å². The number of rotatable bonds is 30. The van der Waals surface area contributed by atoms with Crippen molar-refractivity contribution in [3.8, 4) is 0 Å². The number of carbonyl (C=O) groups excluding carboxylic acids is 2. The molecule has 2 rings (SSSR count). The van der Waals surface area contributed by atoms with E-state index in [0.717, 1.165) is 70.6 Å². The van der Waals surface area contributed by atoms with Gasteiger partial charge in [-0.2, -0.15) is 0 Å². The van der Waals surface area contributed by atoms with E-state index in [2.05, 4.69) is 64.2 Å². The van der Waals surface area contributed by atoms with Gasteiger partial charge in [-0.05, 0) is 128 Å². The molecule has 52 heavy (non-hydrogen) atoms. The predicted molar refractivity (Wildman–Crippen MR) is 218 cm³/mol. The second kappa shape index (κ2) is 29.2. The first-order chi connectivity index (χ1) is 25.3. The number of hydrogen-bond donors (Lipinski definition) is 0. The average molecular weight is 717 g/mol. The lowest BCUT2D eigenvalue weighted by Crippen LogP contribution is -2.06. The number of carbonyl (C=O) groups is 2. The van der Waals surface area contributed by atoms with Gasteiger partial charge in [0.15, 0.2) is 11.5 Å². The maximum absolute atomic E-state index is 12.6. The number of esters is 2. The fourth-order valence-corrected chi connectivity index (χ4v) is 6.39. The van der Waals surface area contributed by atoms with Crippen molar-refractivity contribution in [3.63, 3.8) is 0 Å². The first-order valence-corrected chi connectivity index (χ1v) is 20.8. The van der Waals surface area contributed by atoms with Crippen molar-refractivity contribution in [3.05, 3.63) is 94.9 Å². The van der Waals surface area contributed by atoms with E-state index in [-0.39, 0.29) is 17.6 Å². The van der Waals surface area contributed by atoms with Crippen LogP contribution in [0, 0.1) is 5.92 Å². The third-order valence-corrected chi connectivity index (χ3v) is 9.80. The van der Waals surface area contributed by atoms with Crippen molar-refractivity contribution >= 4 is 11.9 Å². The normalized spacial score (nSPS) is 15.5. The molecule has 0 radical (unpaired) electrons. The summed E-state index contributed by atoms with van der Waals surface area (Å²) in [7, 11) is 0. The molecule has 1 aromatic heterocycles. The highest BCUT2D eigenvalue weighted by atomic mass is 16.6. The van der Waals surface area contributed by atoms with Crippen LogP contribution in [0.25, 0.3) is 0 Å². The van der Waals surface area contributed by atoms with Gasteiger partial charge in [0.1, 0.15) is 0 Å². The zero-order chi connectivity index (χ0) is 37.7. The third-order valence-electron chi connectivity index (χ3n) is 9.80. The van der Waals surface area contributed by atoms with Crippen molar-refractivity contribution in [2.45, 2.75) is 182 Å². The van der Waals surface area contributed by atoms with Gasteiger partial charge in [0, 0.05) is 6.42 Å². The van der Waals surface area contributed by atoms with Gasteiger partial charge in [-0.3, -0.25) is 4.79 Å². The minimum atomic E-state index is -0.439. The fraction of sp³-hybridized carbons (Fsp3) is 0.617. The van der Waals surface area contributed by atoms with E-state index in [1.165, 1.54) is 87.3 Å². The van der Waals surface area contributed by atoms with Gasteiger partial charge < -0.3 is 13.9 Å². The highest BCUT2D eigenvalue weighted by Gasteiger charge is 2.30. The summed E-state index contributed by atoms with van der Waals surface area (Å²) in [6.45, 7) is 10.5. The minimum Gasteiger partial charge on any atom is -0.472 e. The van der Waals surface area contributed by atoms with E-state index in [1.807, 2.05) is 18.4 Å². The number of hydrogen-bond acceptors (Lipinski definition) is 5. The molecule has 0 saturated carbocycles. The zero-order valence-electron chi connectivity index (χ0n) is 33.7. The summed E-state index contributed by atoms with van der Waals surface area (Å²) in [6.07, 6.45) is 45.4. The smallest absolute Gasteiger partial charge is 0.343 e. The standard InChI is InChI=1S/C47H72O5/c1-6-7-8-9-10-11-12-13-14-15-16-17-18-19-20-21-22-23-24-34-45(48)52-46-42(5)47(49)51-44(46)37-41(4)32-26-30-39(2)28-25-29-40(3)31-27-33-43-35-36-50-38-43/h17-18,21-22,28,31,35-38,41H,6-16,19-20,23-27,29-30,32-34H2,1-5H3/b18-17-,22-21-,39-28+,40-31+,44-37-/t41-/m1/s1. The van der Waals surface area contributed by atoms with E-state index < -0.39 is 5.97 Å². The molecule has 1 aromatic rings. The maximum atomic E-state index is 12.6. The van der Waals surface area contributed by atoms with Crippen LogP contribution in [0.1, 0.15) is 181 Å². The van der Waals surface area contributed by atoms with Crippen molar-refractivity contribution in [2.75, 3.05) is 0 Å². The van der Waals surface area contributed by atoms with Crippen molar-refractivity contribution in [1.82, 2.24) is 0 Å². The van der Waals surface area contributed by atoms with Crippen LogP contribution in [-0.4, -0.2) is 11.9 Å². The van der Waals surface area contributed by atoms with E-state index >= 15 is 0 Å². The number of ether oxygens (including phenoxy) is 2. The van der Waals surface area contributed by atoms with Gasteiger partial charge >= 0.3 is 11.9 Å². The van der Waals surface area contributed by atoms with E-state index in [9.17, 15) is 9.59 Å². The maximum Gasteiger partial charge on any atom is 0.343 e. The zero-order valence-corrected chi connectivity index (χ0v) is 33.7. The van der Waals surface area contributed by atoms with Crippen LogP contribution in [0.2, 0.25) is 0 Å². The highest BCUT2D eigenvalue weighted by molar-refractivity contribution is 5.94. The van der Waals surface area contributed by atoms with Crippen LogP contribution in [-0.2, 0) is 25.5 Å². The van der Waals surface area contributed by atoms with Crippen LogP contribution < -0.4 is 0 Å². The summed E-state index contributed by atoms with van der Waals surface area (Å²) in [5.74, 6) is 0.0953. The first-order valence-electron chi connectivity index (χ1n) is 20.8.